The average Bonchev–Trinajstić information content (AvgIpc) is 2.73. The standard InChI is InChI=1S/C18H32N6O8S/c19-6-2-1-3-10(18(31)32)22-16(29)11(7-14(26)27)23-17(30)12(8-33)24-15(28)9(20)4-5-13(21)25/h9-12,33H,1-8,19-20H2,(H2,21,25)(H,22,29)(H,23,30)(H,24,28)(H,26,27)(H,31,32). The third-order valence-corrected chi connectivity index (χ3v) is 4.79. The summed E-state index contributed by atoms with van der Waals surface area (Å²) in [7, 11) is 0. The highest BCUT2D eigenvalue weighted by Crippen LogP contribution is 2.04. The summed E-state index contributed by atoms with van der Waals surface area (Å²) in [5.41, 5.74) is 16.0. The van der Waals surface area contributed by atoms with Crippen molar-refractivity contribution >= 4 is 48.2 Å². The number of hydrogen-bond acceptors (Lipinski definition) is 9. The largest absolute Gasteiger partial charge is 0.481 e. The van der Waals surface area contributed by atoms with Crippen LogP contribution in [-0.2, 0) is 28.8 Å². The first-order chi connectivity index (χ1) is 15.4. The van der Waals surface area contributed by atoms with Crippen LogP contribution in [0.15, 0.2) is 0 Å². The van der Waals surface area contributed by atoms with E-state index < -0.39 is 66.2 Å². The summed E-state index contributed by atoms with van der Waals surface area (Å²) in [5.74, 6) is -6.37. The SMILES string of the molecule is NCCCCC(NC(=O)C(CC(=O)O)NC(=O)C(CS)NC(=O)C(N)CCC(N)=O)C(=O)O. The molecule has 14 nitrogen and oxygen atoms in total. The predicted octanol–water partition coefficient (Wildman–Crippen LogP) is -3.35. The van der Waals surface area contributed by atoms with Gasteiger partial charge in [0.15, 0.2) is 0 Å². The number of nitrogens with one attached hydrogen (secondary N) is 3. The summed E-state index contributed by atoms with van der Waals surface area (Å²) in [5, 5.41) is 25.0. The van der Waals surface area contributed by atoms with E-state index in [0.717, 1.165) is 0 Å². The molecule has 0 saturated heterocycles. The molecular formula is C18H32N6O8S. The molecule has 0 rings (SSSR count). The van der Waals surface area contributed by atoms with Gasteiger partial charge < -0.3 is 43.4 Å². The number of aliphatic carboxylic acids is 2. The van der Waals surface area contributed by atoms with Gasteiger partial charge in [-0.15, -0.1) is 0 Å². The van der Waals surface area contributed by atoms with Gasteiger partial charge in [-0.1, -0.05) is 0 Å². The number of hydrogen-bond donors (Lipinski definition) is 9. The van der Waals surface area contributed by atoms with Crippen LogP contribution in [0.5, 0.6) is 0 Å². The van der Waals surface area contributed by atoms with Crippen LogP contribution in [-0.4, -0.2) is 82.2 Å². The lowest BCUT2D eigenvalue weighted by atomic mass is 10.1. The number of carboxylic acids is 2. The Morgan fingerprint density at radius 2 is 1.36 bits per heavy atom. The van der Waals surface area contributed by atoms with Gasteiger partial charge in [-0.25, -0.2) is 4.79 Å². The minimum atomic E-state index is -1.62. The average molecular weight is 493 g/mol. The van der Waals surface area contributed by atoms with Crippen molar-refractivity contribution in [1.29, 1.82) is 0 Å². The summed E-state index contributed by atoms with van der Waals surface area (Å²) >= 11 is 3.96. The van der Waals surface area contributed by atoms with Gasteiger partial charge in [0.25, 0.3) is 0 Å². The van der Waals surface area contributed by atoms with Crippen molar-refractivity contribution in [2.45, 2.75) is 62.7 Å². The second-order valence-corrected chi connectivity index (χ2v) is 7.56. The van der Waals surface area contributed by atoms with E-state index in [0.29, 0.717) is 19.4 Å². The number of rotatable bonds is 17. The highest BCUT2D eigenvalue weighted by molar-refractivity contribution is 7.80. The molecule has 0 fully saturated rings. The maximum atomic E-state index is 12.5. The monoisotopic (exact) mass is 492 g/mol. The smallest absolute Gasteiger partial charge is 0.326 e. The molecule has 0 bridgehead atoms. The fraction of sp³-hybridized carbons (Fsp3) is 0.667. The molecule has 0 spiro atoms. The first-order valence-corrected chi connectivity index (χ1v) is 10.8. The molecule has 0 heterocycles. The van der Waals surface area contributed by atoms with Gasteiger partial charge in [0.1, 0.15) is 18.1 Å². The molecule has 0 aliphatic carbocycles. The molecule has 15 heteroatoms. The van der Waals surface area contributed by atoms with Crippen LogP contribution in [0.3, 0.4) is 0 Å². The highest BCUT2D eigenvalue weighted by atomic mass is 32.1. The van der Waals surface area contributed by atoms with Crippen molar-refractivity contribution in [3.8, 4) is 0 Å². The lowest BCUT2D eigenvalue weighted by Crippen LogP contribution is -2.58. The highest BCUT2D eigenvalue weighted by Gasteiger charge is 2.31. The van der Waals surface area contributed by atoms with Crippen LogP contribution in [0, 0.1) is 0 Å². The van der Waals surface area contributed by atoms with Gasteiger partial charge in [0.2, 0.25) is 23.6 Å². The van der Waals surface area contributed by atoms with Gasteiger partial charge >= 0.3 is 11.9 Å². The van der Waals surface area contributed by atoms with Crippen LogP contribution in [0.25, 0.3) is 0 Å². The molecule has 0 saturated carbocycles. The quantitative estimate of drug-likeness (QED) is 0.0719. The van der Waals surface area contributed by atoms with Crippen molar-refractivity contribution < 1.29 is 39.0 Å². The van der Waals surface area contributed by atoms with Crippen molar-refractivity contribution in [3.05, 3.63) is 0 Å². The predicted molar refractivity (Wildman–Crippen MR) is 119 cm³/mol. The number of primary amides is 1. The molecule has 0 aromatic carbocycles. The molecule has 0 aromatic rings. The Labute approximate surface area is 195 Å². The molecule has 0 radical (unpaired) electrons. The molecule has 188 valence electrons. The summed E-state index contributed by atoms with van der Waals surface area (Å²) in [6.07, 6.45) is -0.0496. The number of carboxylic acid groups (broad SMARTS) is 2. The zero-order valence-corrected chi connectivity index (χ0v) is 18.9. The summed E-state index contributed by atoms with van der Waals surface area (Å²) < 4.78 is 0. The lowest BCUT2D eigenvalue weighted by Gasteiger charge is -2.23. The summed E-state index contributed by atoms with van der Waals surface area (Å²) in [6.45, 7) is 0.334. The van der Waals surface area contributed by atoms with Crippen LogP contribution >= 0.6 is 12.6 Å². The second-order valence-electron chi connectivity index (χ2n) is 7.20. The number of unbranched alkanes of at least 4 members (excludes halogenated alkanes) is 1. The Bertz CT molecular complexity index is 722. The zero-order valence-electron chi connectivity index (χ0n) is 18.0. The molecule has 0 aliphatic heterocycles. The van der Waals surface area contributed by atoms with E-state index in [9.17, 15) is 33.9 Å². The van der Waals surface area contributed by atoms with Gasteiger partial charge in [-0.05, 0) is 32.2 Å². The number of carbonyl (C=O) groups is 6. The fourth-order valence-corrected chi connectivity index (χ4v) is 2.84. The van der Waals surface area contributed by atoms with Crippen molar-refractivity contribution in [2.75, 3.05) is 12.3 Å². The maximum Gasteiger partial charge on any atom is 0.326 e. The van der Waals surface area contributed by atoms with Crippen LogP contribution in [0.2, 0.25) is 0 Å². The fourth-order valence-electron chi connectivity index (χ4n) is 2.58. The Morgan fingerprint density at radius 3 is 1.85 bits per heavy atom. The topological polar surface area (TPSA) is 257 Å². The molecule has 4 unspecified atom stereocenters. The summed E-state index contributed by atoms with van der Waals surface area (Å²) in [6, 6.07) is -5.35. The number of carbonyl (C=O) groups excluding carboxylic acids is 4. The first kappa shape index (κ1) is 30.1. The molecule has 0 aliphatic rings. The van der Waals surface area contributed by atoms with Crippen LogP contribution < -0.4 is 33.2 Å². The molecule has 4 amide bonds. The third kappa shape index (κ3) is 12.6. The van der Waals surface area contributed by atoms with E-state index >= 15 is 0 Å². The molecule has 4 atom stereocenters. The Kier molecular flexibility index (Phi) is 14.4. The summed E-state index contributed by atoms with van der Waals surface area (Å²) in [4.78, 5) is 70.5. The Balaban J connectivity index is 5.20. The van der Waals surface area contributed by atoms with Crippen LogP contribution in [0.1, 0.15) is 38.5 Å². The van der Waals surface area contributed by atoms with E-state index in [1.807, 2.05) is 0 Å². The van der Waals surface area contributed by atoms with E-state index in [1.165, 1.54) is 0 Å². The minimum Gasteiger partial charge on any atom is -0.481 e. The van der Waals surface area contributed by atoms with E-state index in [-0.39, 0.29) is 25.0 Å². The Hall–Kier alpha value is -2.91. The first-order valence-electron chi connectivity index (χ1n) is 10.1. The third-order valence-electron chi connectivity index (χ3n) is 4.43. The molecule has 0 aromatic heterocycles. The lowest BCUT2D eigenvalue weighted by molar-refractivity contribution is -0.143. The maximum absolute atomic E-state index is 12.5. The van der Waals surface area contributed by atoms with E-state index in [2.05, 4.69) is 28.6 Å². The van der Waals surface area contributed by atoms with Gasteiger partial charge in [-0.2, -0.15) is 12.6 Å². The second kappa shape index (κ2) is 15.8. The number of amides is 4. The minimum absolute atomic E-state index is 0.0600. The molecule has 11 N–H and O–H groups in total. The molecular weight excluding hydrogens is 460 g/mol. The zero-order chi connectivity index (χ0) is 25.6. The Morgan fingerprint density at radius 1 is 0.818 bits per heavy atom. The van der Waals surface area contributed by atoms with Crippen molar-refractivity contribution in [2.24, 2.45) is 17.2 Å². The van der Waals surface area contributed by atoms with Crippen molar-refractivity contribution in [3.63, 3.8) is 0 Å². The molecule has 33 heavy (non-hydrogen) atoms. The van der Waals surface area contributed by atoms with Crippen LogP contribution in [0.4, 0.5) is 0 Å². The normalized spacial score (nSPS) is 14.3. The van der Waals surface area contributed by atoms with Crippen molar-refractivity contribution in [1.82, 2.24) is 16.0 Å². The van der Waals surface area contributed by atoms with E-state index in [4.69, 9.17) is 22.3 Å². The van der Waals surface area contributed by atoms with E-state index in [1.54, 1.807) is 0 Å². The van der Waals surface area contributed by atoms with Gasteiger partial charge in [0, 0.05) is 12.2 Å². The van der Waals surface area contributed by atoms with Gasteiger partial charge in [-0.3, -0.25) is 24.0 Å². The number of thiol groups is 1. The van der Waals surface area contributed by atoms with Gasteiger partial charge in [0.05, 0.1) is 12.5 Å². The number of nitrogens with two attached hydrogens (primary N) is 3.